The van der Waals surface area contributed by atoms with Crippen molar-refractivity contribution in [2.75, 3.05) is 13.1 Å². The number of likely N-dealkylation sites (tertiary alicyclic amines) is 1. The van der Waals surface area contributed by atoms with E-state index in [9.17, 15) is 0 Å². The lowest BCUT2D eigenvalue weighted by Crippen LogP contribution is -2.34. The molecule has 1 aromatic carbocycles. The first-order valence-corrected chi connectivity index (χ1v) is 10.1. The topological polar surface area (TPSA) is 51.8 Å². The zero-order chi connectivity index (χ0) is 19.5. The molecule has 0 unspecified atom stereocenters. The van der Waals surface area contributed by atoms with Gasteiger partial charge in [0.05, 0.1) is 11.9 Å². The molecule has 1 aliphatic heterocycles. The molecular formula is C23H24N6. The molecule has 3 aromatic heterocycles. The van der Waals surface area contributed by atoms with E-state index in [0.29, 0.717) is 6.04 Å². The molecule has 0 saturated carbocycles. The minimum Gasteiger partial charge on any atom is -0.327 e. The van der Waals surface area contributed by atoms with Crippen LogP contribution in [0.4, 0.5) is 0 Å². The summed E-state index contributed by atoms with van der Waals surface area (Å²) >= 11 is 0. The van der Waals surface area contributed by atoms with Crippen LogP contribution < -0.4 is 0 Å². The summed E-state index contributed by atoms with van der Waals surface area (Å²) in [5.74, 6) is 0.983. The molecule has 0 amide bonds. The summed E-state index contributed by atoms with van der Waals surface area (Å²) in [7, 11) is 0. The van der Waals surface area contributed by atoms with E-state index in [1.807, 2.05) is 59.8 Å². The maximum atomic E-state index is 4.69. The van der Waals surface area contributed by atoms with Crippen LogP contribution in [0.1, 0.15) is 24.4 Å². The van der Waals surface area contributed by atoms with E-state index >= 15 is 0 Å². The molecule has 0 atom stereocenters. The van der Waals surface area contributed by atoms with Crippen LogP contribution in [0.2, 0.25) is 0 Å². The summed E-state index contributed by atoms with van der Waals surface area (Å²) < 4.78 is 4.30. The van der Waals surface area contributed by atoms with Crippen LogP contribution in [0.15, 0.2) is 79.5 Å². The summed E-state index contributed by atoms with van der Waals surface area (Å²) in [6.45, 7) is 3.13. The quantitative estimate of drug-likeness (QED) is 0.522. The lowest BCUT2D eigenvalue weighted by atomic mass is 10.0. The molecule has 29 heavy (non-hydrogen) atoms. The highest BCUT2D eigenvalue weighted by Gasteiger charge is 2.24. The van der Waals surface area contributed by atoms with Crippen molar-refractivity contribution < 1.29 is 0 Å². The van der Waals surface area contributed by atoms with Crippen molar-refractivity contribution in [3.63, 3.8) is 0 Å². The Labute approximate surface area is 170 Å². The van der Waals surface area contributed by atoms with Crippen LogP contribution in [0.5, 0.6) is 0 Å². The average Bonchev–Trinajstić information content (AvgIpc) is 3.45. The van der Waals surface area contributed by atoms with Crippen molar-refractivity contribution in [3.05, 3.63) is 85.1 Å². The van der Waals surface area contributed by atoms with Crippen molar-refractivity contribution in [3.8, 4) is 17.2 Å². The fraction of sp³-hybridized carbons (Fsp3) is 0.261. The zero-order valence-corrected chi connectivity index (χ0v) is 16.3. The molecule has 1 fully saturated rings. The Morgan fingerprint density at radius 3 is 2.55 bits per heavy atom. The summed E-state index contributed by atoms with van der Waals surface area (Å²) in [4.78, 5) is 11.4. The third-order valence-corrected chi connectivity index (χ3v) is 5.62. The standard InChI is InChI=1S/C23H24N6/c1-2-6-21(7-3-1)29-22(8-12-26-29)23-25-13-16-28(23)20-9-14-27(15-10-20)18-19-5-4-11-24-17-19/h1-8,11-13,16-17,20H,9-10,14-15,18H2. The van der Waals surface area contributed by atoms with Gasteiger partial charge in [0.1, 0.15) is 5.69 Å². The summed E-state index contributed by atoms with van der Waals surface area (Å²) in [5.41, 5.74) is 3.35. The molecule has 5 rings (SSSR count). The number of rotatable bonds is 5. The van der Waals surface area contributed by atoms with Gasteiger partial charge in [-0.2, -0.15) is 5.10 Å². The Morgan fingerprint density at radius 2 is 1.76 bits per heavy atom. The molecule has 1 aliphatic rings. The summed E-state index contributed by atoms with van der Waals surface area (Å²) in [6.07, 6.45) is 11.9. The first-order valence-electron chi connectivity index (χ1n) is 10.1. The average molecular weight is 384 g/mol. The molecule has 4 heterocycles. The van der Waals surface area contributed by atoms with E-state index in [-0.39, 0.29) is 0 Å². The fourth-order valence-corrected chi connectivity index (χ4v) is 4.16. The molecular weight excluding hydrogens is 360 g/mol. The molecule has 0 spiro atoms. The molecule has 146 valence electrons. The van der Waals surface area contributed by atoms with Crippen LogP contribution in [0.25, 0.3) is 17.2 Å². The summed E-state index contributed by atoms with van der Waals surface area (Å²) in [6, 6.07) is 16.9. The van der Waals surface area contributed by atoms with E-state index in [0.717, 1.165) is 49.7 Å². The number of imidazole rings is 1. The highest BCUT2D eigenvalue weighted by atomic mass is 15.3. The number of para-hydroxylation sites is 1. The third kappa shape index (κ3) is 3.71. The van der Waals surface area contributed by atoms with Gasteiger partial charge in [0.25, 0.3) is 0 Å². The Morgan fingerprint density at radius 1 is 0.897 bits per heavy atom. The van der Waals surface area contributed by atoms with Crippen molar-refractivity contribution >= 4 is 0 Å². The van der Waals surface area contributed by atoms with Crippen molar-refractivity contribution in [1.29, 1.82) is 0 Å². The largest absolute Gasteiger partial charge is 0.327 e. The lowest BCUT2D eigenvalue weighted by molar-refractivity contribution is 0.180. The van der Waals surface area contributed by atoms with Gasteiger partial charge in [0.15, 0.2) is 5.82 Å². The third-order valence-electron chi connectivity index (χ3n) is 5.62. The van der Waals surface area contributed by atoms with Crippen molar-refractivity contribution in [2.45, 2.75) is 25.4 Å². The lowest BCUT2D eigenvalue weighted by Gasteiger charge is -2.33. The number of pyridine rings is 1. The Balaban J connectivity index is 1.33. The van der Waals surface area contributed by atoms with Gasteiger partial charge in [-0.15, -0.1) is 0 Å². The van der Waals surface area contributed by atoms with Gasteiger partial charge >= 0.3 is 0 Å². The molecule has 6 heteroatoms. The van der Waals surface area contributed by atoms with Crippen LogP contribution in [-0.4, -0.2) is 42.3 Å². The van der Waals surface area contributed by atoms with Gasteiger partial charge in [-0.05, 0) is 42.7 Å². The van der Waals surface area contributed by atoms with Gasteiger partial charge in [0.2, 0.25) is 0 Å². The number of nitrogens with zero attached hydrogens (tertiary/aromatic N) is 6. The second-order valence-electron chi connectivity index (χ2n) is 7.49. The molecule has 0 N–H and O–H groups in total. The number of hydrogen-bond acceptors (Lipinski definition) is 4. The van der Waals surface area contributed by atoms with Crippen molar-refractivity contribution in [2.24, 2.45) is 0 Å². The van der Waals surface area contributed by atoms with E-state index in [2.05, 4.69) is 48.9 Å². The Hall–Kier alpha value is -3.25. The second-order valence-corrected chi connectivity index (χ2v) is 7.49. The van der Waals surface area contributed by atoms with E-state index in [1.54, 1.807) is 0 Å². The van der Waals surface area contributed by atoms with Crippen LogP contribution in [0.3, 0.4) is 0 Å². The van der Waals surface area contributed by atoms with Gasteiger partial charge in [-0.25, -0.2) is 9.67 Å². The zero-order valence-electron chi connectivity index (χ0n) is 16.3. The first-order chi connectivity index (χ1) is 14.4. The molecule has 0 bridgehead atoms. The first kappa shape index (κ1) is 17.8. The van der Waals surface area contributed by atoms with Crippen molar-refractivity contribution in [1.82, 2.24) is 29.2 Å². The SMILES string of the molecule is c1ccc(-n2nccc2-c2nccn2C2CCN(Cc3cccnc3)CC2)cc1. The predicted octanol–water partition coefficient (Wildman–Crippen LogP) is 3.97. The molecule has 0 aliphatic carbocycles. The number of piperidine rings is 1. The smallest absolute Gasteiger partial charge is 0.159 e. The number of benzene rings is 1. The van der Waals surface area contributed by atoms with Gasteiger partial charge in [-0.1, -0.05) is 24.3 Å². The highest BCUT2D eigenvalue weighted by molar-refractivity contribution is 5.54. The van der Waals surface area contributed by atoms with E-state index < -0.39 is 0 Å². The predicted molar refractivity (Wildman–Crippen MR) is 113 cm³/mol. The molecule has 4 aromatic rings. The maximum Gasteiger partial charge on any atom is 0.159 e. The molecule has 0 radical (unpaired) electrons. The van der Waals surface area contributed by atoms with Crippen LogP contribution >= 0.6 is 0 Å². The highest BCUT2D eigenvalue weighted by Crippen LogP contribution is 2.29. The number of aromatic nitrogens is 5. The minimum atomic E-state index is 0.455. The second kappa shape index (κ2) is 8.01. The van der Waals surface area contributed by atoms with Gasteiger partial charge < -0.3 is 4.57 Å². The molecule has 1 saturated heterocycles. The Kier molecular flexibility index (Phi) is 4.92. The number of hydrogen-bond donors (Lipinski definition) is 0. The van der Waals surface area contributed by atoms with E-state index in [4.69, 9.17) is 0 Å². The summed E-state index contributed by atoms with van der Waals surface area (Å²) in [5, 5.41) is 4.54. The van der Waals surface area contributed by atoms with Crippen LogP contribution in [-0.2, 0) is 6.54 Å². The van der Waals surface area contributed by atoms with E-state index in [1.165, 1.54) is 5.56 Å². The van der Waals surface area contributed by atoms with Crippen LogP contribution in [0, 0.1) is 0 Å². The monoisotopic (exact) mass is 384 g/mol. The fourth-order valence-electron chi connectivity index (χ4n) is 4.16. The van der Waals surface area contributed by atoms with Gasteiger partial charge in [0, 0.05) is 50.5 Å². The Bertz CT molecular complexity index is 1050. The normalized spacial score (nSPS) is 15.6. The molecule has 6 nitrogen and oxygen atoms in total. The maximum absolute atomic E-state index is 4.69. The van der Waals surface area contributed by atoms with Gasteiger partial charge in [-0.3, -0.25) is 9.88 Å². The minimum absolute atomic E-state index is 0.455.